The molecule has 0 aliphatic carbocycles. The molecule has 16 heterocycles. The molecular weight excluding hydrogens is 1670 g/mol. The van der Waals surface area contributed by atoms with Crippen molar-refractivity contribution in [3.8, 4) is 102 Å². The van der Waals surface area contributed by atoms with Gasteiger partial charge >= 0.3 is 22.8 Å². The number of nitrogens with one attached hydrogen (secondary N) is 1. The van der Waals surface area contributed by atoms with E-state index in [-0.39, 0.29) is 60.2 Å². The normalized spacial score (nSPS) is 11.4. The minimum absolute atomic E-state index is 0.00901. The Hall–Kier alpha value is -16.7. The van der Waals surface area contributed by atoms with E-state index in [1.165, 1.54) is 85.6 Å². The van der Waals surface area contributed by atoms with E-state index < -0.39 is 40.3 Å². The Morgan fingerprint density at radius 2 is 0.853 bits per heavy atom. The summed E-state index contributed by atoms with van der Waals surface area (Å²) in [5, 5.41) is 26.5. The van der Waals surface area contributed by atoms with Crippen LogP contribution >= 0.6 is 0 Å². The van der Waals surface area contributed by atoms with Crippen molar-refractivity contribution < 1.29 is 55.8 Å². The SMILES string of the molecule is COCCOc1cnc(-n2c(=O)n(C)c3cnc4cc(OC)c(-c5ccn(C)c5)cc4c32)c(F)c1.COc1cc2ncc3c(c2cc1-c1cc(N)n[nH]1)n(-c1ncccc1F)c(=O)n3C.COc1cc2ncc3c(c2cc1-c1ccn(C)c1)n(-c1ncc(OCCO)cc1F)c(=O)n3C.COc1cc2ncc3c(c2cc1-c1cn(C)nn1)n(-c1ccncc1F)c(=O)n3C. The number of aliphatic hydroxyl groups excluding tert-OH is 1. The summed E-state index contributed by atoms with van der Waals surface area (Å²) in [6.07, 6.45) is 22.6. The molecule has 16 aromatic heterocycles. The number of hydrogen-bond donors (Lipinski definition) is 3. The summed E-state index contributed by atoms with van der Waals surface area (Å²) in [4.78, 5) is 86.8. The van der Waals surface area contributed by atoms with E-state index >= 15 is 8.78 Å². The van der Waals surface area contributed by atoms with E-state index in [4.69, 9.17) is 44.0 Å². The molecule has 4 N–H and O–H groups in total. The fraction of sp³-hybridized carbons (Fsp3) is 0.180. The zero-order valence-corrected chi connectivity index (χ0v) is 71.0. The number of rotatable bonds is 19. The summed E-state index contributed by atoms with van der Waals surface area (Å²) in [5.74, 6) is 0.148. The van der Waals surface area contributed by atoms with Crippen LogP contribution in [0.3, 0.4) is 0 Å². The number of ether oxygens (including phenoxy) is 7. The molecule has 0 radical (unpaired) electrons. The molecule has 0 bridgehead atoms. The Labute approximate surface area is 725 Å². The molecule has 0 saturated carbocycles. The van der Waals surface area contributed by atoms with Crippen LogP contribution in [0.2, 0.25) is 0 Å². The molecule has 0 amide bonds. The number of aliphatic hydroxyl groups is 1. The van der Waals surface area contributed by atoms with Crippen LogP contribution in [0.4, 0.5) is 23.4 Å². The first-order valence-electron chi connectivity index (χ1n) is 39.5. The summed E-state index contributed by atoms with van der Waals surface area (Å²) in [6.45, 7) is 0.414. The van der Waals surface area contributed by atoms with E-state index in [9.17, 15) is 28.0 Å². The molecule has 0 atom stereocenters. The minimum atomic E-state index is -0.730. The van der Waals surface area contributed by atoms with Crippen LogP contribution in [-0.2, 0) is 54.1 Å². The molecule has 0 spiro atoms. The summed E-state index contributed by atoms with van der Waals surface area (Å²) < 4.78 is 114. The van der Waals surface area contributed by atoms with Gasteiger partial charge < -0.3 is 53.1 Å². The maximum atomic E-state index is 15.2. The van der Waals surface area contributed by atoms with Gasteiger partial charge in [0.15, 0.2) is 40.7 Å². The maximum Gasteiger partial charge on any atom is 0.334 e. The number of fused-ring (bicyclic) bond motifs is 12. The summed E-state index contributed by atoms with van der Waals surface area (Å²) >= 11 is 0. The van der Waals surface area contributed by atoms with Crippen LogP contribution in [0.5, 0.6) is 34.5 Å². The third kappa shape index (κ3) is 15.2. The number of aromatic nitrogens is 23. The second kappa shape index (κ2) is 34.5. The molecule has 40 heteroatoms. The standard InChI is InChI=1S/C25H24FN5O4.C24H22FN5O4.2C20H16FN7O2/c1-29-6-5-15(14-29)17-10-18-20(11-22(17)34-4)27-13-21-23(18)31(25(32)30(21)2)24-19(26)9-16(12-28-24)35-8-7-33-3;1-28-5-4-14(13-28)16-9-17-19(10-21(16)33-3)26-12-20-22(17)30(24(32)29(20)2)23-18(25)8-15(11-27-23)34-7-6-31;1-26-10-15(24-25-26)11-6-12-14(7-18(11)30-3)23-9-17-19(12)28(20(29)27(17)2)16-4-5-22-8-13(16)21;1-27-15-9-24-13-7-16(30-2)10(14-8-17(22)26-25-14)6-11(13)18(15)28(20(27)29)19-12(21)4-3-5-23-19/h5-6,9-14H,7-8H2,1-4H3;4-5,8-13,31H,6-7H2,1-3H3;4-10H,1-3H3;3-9H,1-2H3,(H3,22,25,26). The highest BCUT2D eigenvalue weighted by atomic mass is 19.1. The topological polar surface area (TPSA) is 391 Å². The number of imidazole rings is 4. The lowest BCUT2D eigenvalue weighted by Gasteiger charge is -2.12. The van der Waals surface area contributed by atoms with Crippen LogP contribution < -0.4 is 56.9 Å². The minimum Gasteiger partial charge on any atom is -0.496 e. The number of benzene rings is 4. The van der Waals surface area contributed by atoms with Crippen molar-refractivity contribution in [2.75, 3.05) is 67.7 Å². The molecule has 654 valence electrons. The molecule has 20 aromatic rings. The number of aryl methyl sites for hydroxylation is 7. The first-order valence-corrected chi connectivity index (χ1v) is 39.5. The molecule has 0 aliphatic rings. The number of nitrogen functional groups attached to an aromatic ring is 1. The number of nitrogens with two attached hydrogens (primary N) is 1. The van der Waals surface area contributed by atoms with Gasteiger partial charge in [-0.3, -0.25) is 57.5 Å². The lowest BCUT2D eigenvalue weighted by molar-refractivity contribution is 0.146. The number of aromatic amines is 1. The highest BCUT2D eigenvalue weighted by Gasteiger charge is 2.28. The van der Waals surface area contributed by atoms with E-state index in [2.05, 4.69) is 60.4 Å². The predicted octanol–water partition coefficient (Wildman–Crippen LogP) is 10.9. The highest BCUT2D eigenvalue weighted by Crippen LogP contribution is 2.42. The van der Waals surface area contributed by atoms with Gasteiger partial charge in [0.2, 0.25) is 0 Å². The van der Waals surface area contributed by atoms with Gasteiger partial charge in [0, 0.05) is 191 Å². The zero-order chi connectivity index (χ0) is 90.7. The van der Waals surface area contributed by atoms with E-state index in [1.807, 2.05) is 90.5 Å². The quantitative estimate of drug-likeness (QED) is 0.0500. The predicted molar refractivity (Wildman–Crippen MR) is 473 cm³/mol. The monoisotopic (exact) mass is 1750 g/mol. The summed E-state index contributed by atoms with van der Waals surface area (Å²) in [7, 11) is 19.9. The molecule has 4 aromatic carbocycles. The van der Waals surface area contributed by atoms with Gasteiger partial charge in [-0.2, -0.15) is 5.10 Å². The fourth-order valence-electron chi connectivity index (χ4n) is 15.5. The molecular formula is C89H78F4N24O12. The highest BCUT2D eigenvalue weighted by molar-refractivity contribution is 6.09. The second-order valence-electron chi connectivity index (χ2n) is 29.6. The molecule has 0 saturated heterocycles. The van der Waals surface area contributed by atoms with Gasteiger partial charge in [0.1, 0.15) is 59.2 Å². The molecule has 0 aliphatic heterocycles. The second-order valence-corrected chi connectivity index (χ2v) is 29.6. The number of anilines is 1. The van der Waals surface area contributed by atoms with Gasteiger partial charge in [0.25, 0.3) is 0 Å². The third-order valence-corrected chi connectivity index (χ3v) is 21.7. The van der Waals surface area contributed by atoms with Crippen LogP contribution in [-0.4, -0.2) is 178 Å². The molecule has 0 unspecified atom stereocenters. The zero-order valence-electron chi connectivity index (χ0n) is 71.0. The first kappa shape index (κ1) is 84.6. The Morgan fingerprint density at radius 3 is 1.25 bits per heavy atom. The van der Waals surface area contributed by atoms with Crippen LogP contribution in [0.25, 0.3) is 156 Å². The number of nitrogens with zero attached hydrogens (tertiary/aromatic N) is 22. The Bertz CT molecular complexity index is 7860. The summed E-state index contributed by atoms with van der Waals surface area (Å²) in [5.41, 5.74) is 16.8. The molecule has 20 rings (SSSR count). The summed E-state index contributed by atoms with van der Waals surface area (Å²) in [6, 6.07) is 26.8. The Kier molecular flexibility index (Phi) is 22.6. The average Bonchev–Trinajstić information content (AvgIpc) is 1.61. The number of methoxy groups -OCH3 is 5. The number of H-pyrrole nitrogens is 1. The average molecular weight is 1750 g/mol. The maximum absolute atomic E-state index is 15.2. The van der Waals surface area contributed by atoms with Crippen molar-refractivity contribution >= 4 is 93.6 Å². The first-order chi connectivity index (χ1) is 62.3. The van der Waals surface area contributed by atoms with Crippen molar-refractivity contribution in [3.05, 3.63) is 249 Å². The van der Waals surface area contributed by atoms with E-state index in [0.717, 1.165) is 34.5 Å². The lowest BCUT2D eigenvalue weighted by Crippen LogP contribution is -2.22. The van der Waals surface area contributed by atoms with Crippen molar-refractivity contribution in [1.29, 1.82) is 0 Å². The van der Waals surface area contributed by atoms with E-state index in [0.29, 0.717) is 146 Å². The van der Waals surface area contributed by atoms with Crippen molar-refractivity contribution in [1.82, 2.24) is 111 Å². The fourth-order valence-corrected chi connectivity index (χ4v) is 15.5. The third-order valence-electron chi connectivity index (χ3n) is 21.7. The Balaban J connectivity index is 0.000000121. The van der Waals surface area contributed by atoms with Gasteiger partial charge in [-0.15, -0.1) is 5.10 Å². The van der Waals surface area contributed by atoms with Crippen LogP contribution in [0.15, 0.2) is 203 Å². The Morgan fingerprint density at radius 1 is 0.426 bits per heavy atom. The largest absolute Gasteiger partial charge is 0.496 e. The van der Waals surface area contributed by atoms with Crippen molar-refractivity contribution in [2.24, 2.45) is 49.3 Å². The lowest BCUT2D eigenvalue weighted by atomic mass is 10.0. The number of halogens is 4. The van der Waals surface area contributed by atoms with Gasteiger partial charge in [0.05, 0.1) is 169 Å². The number of hydrogen-bond acceptors (Lipinski definition) is 24. The van der Waals surface area contributed by atoms with Gasteiger partial charge in [-0.05, 0) is 54.6 Å². The van der Waals surface area contributed by atoms with Crippen molar-refractivity contribution in [2.45, 2.75) is 0 Å². The van der Waals surface area contributed by atoms with Crippen LogP contribution in [0, 0.1) is 23.3 Å². The molecule has 36 nitrogen and oxygen atoms in total. The van der Waals surface area contributed by atoms with Gasteiger partial charge in [-0.25, -0.2) is 65.4 Å². The molecule has 0 fully saturated rings. The van der Waals surface area contributed by atoms with Crippen LogP contribution in [0.1, 0.15) is 0 Å². The smallest absolute Gasteiger partial charge is 0.334 e. The van der Waals surface area contributed by atoms with E-state index in [1.54, 1.807) is 131 Å². The molecule has 129 heavy (non-hydrogen) atoms. The number of pyridine rings is 8. The van der Waals surface area contributed by atoms with Crippen molar-refractivity contribution in [3.63, 3.8) is 0 Å². The van der Waals surface area contributed by atoms with Gasteiger partial charge in [-0.1, -0.05) is 5.21 Å².